The van der Waals surface area contributed by atoms with E-state index in [1.54, 1.807) is 31.1 Å². The van der Waals surface area contributed by atoms with E-state index >= 15 is 0 Å². The molecule has 5 heteroatoms. The largest absolute Gasteiger partial charge is 0.495 e. The van der Waals surface area contributed by atoms with Crippen LogP contribution in [-0.2, 0) is 7.05 Å². The van der Waals surface area contributed by atoms with E-state index in [0.29, 0.717) is 5.75 Å². The summed E-state index contributed by atoms with van der Waals surface area (Å²) in [5.74, 6) is 0.716. The molecule has 2 aromatic heterocycles. The van der Waals surface area contributed by atoms with Gasteiger partial charge in [-0.25, -0.2) is 0 Å². The van der Waals surface area contributed by atoms with Gasteiger partial charge in [0.15, 0.2) is 0 Å². The van der Waals surface area contributed by atoms with E-state index in [-0.39, 0.29) is 0 Å². The number of aliphatic hydroxyl groups is 1. The maximum Gasteiger partial charge on any atom is 0.135 e. The highest BCUT2D eigenvalue weighted by molar-refractivity contribution is 7.10. The van der Waals surface area contributed by atoms with Gasteiger partial charge in [-0.2, -0.15) is 5.10 Å². The van der Waals surface area contributed by atoms with Crippen LogP contribution in [0, 0.1) is 0 Å². The molecule has 0 aromatic carbocycles. The zero-order valence-electron chi connectivity index (χ0n) is 8.54. The monoisotopic (exact) mass is 224 g/mol. The van der Waals surface area contributed by atoms with Gasteiger partial charge in [0.1, 0.15) is 11.9 Å². The molecule has 2 rings (SSSR count). The molecule has 0 bridgehead atoms. The van der Waals surface area contributed by atoms with Crippen molar-refractivity contribution in [3.63, 3.8) is 0 Å². The lowest BCUT2D eigenvalue weighted by molar-refractivity contribution is 0.209. The van der Waals surface area contributed by atoms with Gasteiger partial charge in [0.2, 0.25) is 0 Å². The minimum absolute atomic E-state index is 0.674. The Balaban J connectivity index is 2.36. The molecule has 80 valence electrons. The quantitative estimate of drug-likeness (QED) is 0.861. The Bertz CT molecular complexity index is 450. The van der Waals surface area contributed by atoms with Crippen molar-refractivity contribution in [2.45, 2.75) is 6.10 Å². The molecule has 0 aliphatic carbocycles. The summed E-state index contributed by atoms with van der Waals surface area (Å²) in [7, 11) is 3.40. The number of methoxy groups -OCH3 is 1. The fraction of sp³-hybridized carbons (Fsp3) is 0.300. The highest BCUT2D eigenvalue weighted by atomic mass is 32.1. The summed E-state index contributed by atoms with van der Waals surface area (Å²) in [6.07, 6.45) is 0.992. The first-order valence-corrected chi connectivity index (χ1v) is 5.39. The number of thiophene rings is 1. The van der Waals surface area contributed by atoms with Gasteiger partial charge < -0.3 is 9.84 Å². The molecule has 0 fully saturated rings. The molecule has 1 N–H and O–H groups in total. The maximum atomic E-state index is 10.1. The summed E-state index contributed by atoms with van der Waals surface area (Å²) < 4.78 is 6.82. The Morgan fingerprint density at radius 1 is 1.53 bits per heavy atom. The van der Waals surface area contributed by atoms with Crippen LogP contribution in [0.1, 0.15) is 16.7 Å². The molecule has 0 radical (unpaired) electrons. The van der Waals surface area contributed by atoms with Gasteiger partial charge in [-0.3, -0.25) is 4.68 Å². The van der Waals surface area contributed by atoms with Crippen molar-refractivity contribution in [2.24, 2.45) is 7.05 Å². The first-order chi connectivity index (χ1) is 7.24. The van der Waals surface area contributed by atoms with Crippen molar-refractivity contribution in [1.82, 2.24) is 9.78 Å². The zero-order chi connectivity index (χ0) is 10.8. The fourth-order valence-corrected chi connectivity index (χ4v) is 2.32. The third-order valence-corrected chi connectivity index (χ3v) is 3.22. The molecular weight excluding hydrogens is 212 g/mol. The van der Waals surface area contributed by atoms with Crippen LogP contribution < -0.4 is 4.74 Å². The lowest BCUT2D eigenvalue weighted by Crippen LogP contribution is -2.06. The van der Waals surface area contributed by atoms with Crippen LogP contribution >= 0.6 is 11.3 Å². The average Bonchev–Trinajstić information content (AvgIpc) is 2.84. The van der Waals surface area contributed by atoms with Gasteiger partial charge in [-0.15, -0.1) is 11.3 Å². The van der Waals surface area contributed by atoms with Crippen LogP contribution in [0.25, 0.3) is 0 Å². The molecule has 0 spiro atoms. The predicted octanol–water partition coefficient (Wildman–Crippen LogP) is 1.57. The first-order valence-electron chi connectivity index (χ1n) is 4.51. The summed E-state index contributed by atoms with van der Waals surface area (Å²) in [5, 5.41) is 16.1. The molecule has 0 saturated carbocycles. The van der Waals surface area contributed by atoms with E-state index < -0.39 is 6.10 Å². The van der Waals surface area contributed by atoms with Crippen LogP contribution in [0.15, 0.2) is 23.7 Å². The average molecular weight is 224 g/mol. The molecule has 15 heavy (non-hydrogen) atoms. The lowest BCUT2D eigenvalue weighted by atomic mass is 10.2. The van der Waals surface area contributed by atoms with Gasteiger partial charge in [0.05, 0.1) is 17.7 Å². The van der Waals surface area contributed by atoms with E-state index in [1.165, 1.54) is 11.3 Å². The van der Waals surface area contributed by atoms with Crippen LogP contribution in [0.4, 0.5) is 0 Å². The predicted molar refractivity (Wildman–Crippen MR) is 58.1 cm³/mol. The molecule has 0 aliphatic heterocycles. The molecule has 4 nitrogen and oxygen atoms in total. The van der Waals surface area contributed by atoms with Crippen LogP contribution in [0.2, 0.25) is 0 Å². The molecule has 0 amide bonds. The number of hydrogen-bond acceptors (Lipinski definition) is 4. The van der Waals surface area contributed by atoms with E-state index in [9.17, 15) is 5.11 Å². The van der Waals surface area contributed by atoms with E-state index in [1.807, 2.05) is 11.4 Å². The van der Waals surface area contributed by atoms with Crippen LogP contribution in [0.5, 0.6) is 5.75 Å². The molecular formula is C10H12N2O2S. The van der Waals surface area contributed by atoms with Gasteiger partial charge >= 0.3 is 0 Å². The van der Waals surface area contributed by atoms with Crippen molar-refractivity contribution in [3.05, 3.63) is 34.3 Å². The summed E-state index contributed by atoms with van der Waals surface area (Å²) in [5.41, 5.74) is 0.760. The van der Waals surface area contributed by atoms with Crippen molar-refractivity contribution in [2.75, 3.05) is 7.11 Å². The minimum atomic E-state index is -0.674. The van der Waals surface area contributed by atoms with E-state index in [0.717, 1.165) is 10.6 Å². The highest BCUT2D eigenvalue weighted by Crippen LogP contribution is 2.34. The van der Waals surface area contributed by atoms with Gasteiger partial charge in [-0.05, 0) is 17.5 Å². The number of hydrogen-bond donors (Lipinski definition) is 1. The van der Waals surface area contributed by atoms with Gasteiger partial charge in [0.25, 0.3) is 0 Å². The molecule has 0 aliphatic rings. The summed E-state index contributed by atoms with van der Waals surface area (Å²) in [4.78, 5) is 0.807. The standard InChI is InChI=1S/C10H12N2O2S/c1-12-7(3-5-11-12)9(13)10-8(14-2)4-6-15-10/h3-6,9,13H,1-2H3. The number of aliphatic hydroxyl groups excluding tert-OH is 1. The lowest BCUT2D eigenvalue weighted by Gasteiger charge is -2.10. The highest BCUT2D eigenvalue weighted by Gasteiger charge is 2.19. The van der Waals surface area contributed by atoms with E-state index in [2.05, 4.69) is 5.10 Å². The Kier molecular flexibility index (Phi) is 2.75. The Morgan fingerprint density at radius 3 is 2.93 bits per heavy atom. The normalized spacial score (nSPS) is 12.7. The van der Waals surface area contributed by atoms with E-state index in [4.69, 9.17) is 4.74 Å². The summed E-state index contributed by atoms with van der Waals surface area (Å²) in [6, 6.07) is 3.64. The summed E-state index contributed by atoms with van der Waals surface area (Å²) in [6.45, 7) is 0. The van der Waals surface area contributed by atoms with Gasteiger partial charge in [0, 0.05) is 13.2 Å². The Morgan fingerprint density at radius 2 is 2.33 bits per heavy atom. The second kappa shape index (κ2) is 4.04. The van der Waals surface area contributed by atoms with Crippen LogP contribution in [-0.4, -0.2) is 22.0 Å². The Labute approximate surface area is 91.7 Å². The van der Waals surface area contributed by atoms with Crippen molar-refractivity contribution < 1.29 is 9.84 Å². The first kappa shape index (κ1) is 10.2. The zero-order valence-corrected chi connectivity index (χ0v) is 9.36. The van der Waals surface area contributed by atoms with Crippen molar-refractivity contribution in [3.8, 4) is 5.75 Å². The molecule has 0 saturated heterocycles. The van der Waals surface area contributed by atoms with Crippen molar-refractivity contribution >= 4 is 11.3 Å². The number of ether oxygens (including phenoxy) is 1. The molecule has 1 unspecified atom stereocenters. The molecule has 2 aromatic rings. The molecule has 2 heterocycles. The third kappa shape index (κ3) is 1.75. The minimum Gasteiger partial charge on any atom is -0.495 e. The second-order valence-corrected chi connectivity index (χ2v) is 4.08. The Hall–Kier alpha value is -1.33. The number of nitrogens with zero attached hydrogens (tertiary/aromatic N) is 2. The topological polar surface area (TPSA) is 47.3 Å². The second-order valence-electron chi connectivity index (χ2n) is 3.14. The number of rotatable bonds is 3. The summed E-state index contributed by atoms with van der Waals surface area (Å²) >= 11 is 1.47. The number of aryl methyl sites for hydroxylation is 1. The number of aromatic nitrogens is 2. The smallest absolute Gasteiger partial charge is 0.135 e. The fourth-order valence-electron chi connectivity index (χ4n) is 1.46. The SMILES string of the molecule is COc1ccsc1C(O)c1ccnn1C. The van der Waals surface area contributed by atoms with Gasteiger partial charge in [-0.1, -0.05) is 0 Å². The third-order valence-electron chi connectivity index (χ3n) is 2.26. The molecule has 1 atom stereocenters. The van der Waals surface area contributed by atoms with Crippen molar-refractivity contribution in [1.29, 1.82) is 0 Å². The maximum absolute atomic E-state index is 10.1. The van der Waals surface area contributed by atoms with Crippen LogP contribution in [0.3, 0.4) is 0 Å².